The Morgan fingerprint density at radius 3 is 2.40 bits per heavy atom. The normalized spacial score (nSPS) is 41.3. The van der Waals surface area contributed by atoms with E-state index in [1.54, 1.807) is 6.08 Å². The van der Waals surface area contributed by atoms with Crippen molar-refractivity contribution in [1.82, 2.24) is 0 Å². The number of ether oxygens (including phenoxy) is 1. The minimum absolute atomic E-state index is 0.0248. The predicted molar refractivity (Wildman–Crippen MR) is 154 cm³/mol. The van der Waals surface area contributed by atoms with Crippen molar-refractivity contribution in [1.29, 1.82) is 0 Å². The second kappa shape index (κ2) is 9.17. The number of nitrogens with two attached hydrogens (primary N) is 2. The first-order valence-electron chi connectivity index (χ1n) is 14.8. The lowest BCUT2D eigenvalue weighted by molar-refractivity contribution is -0.174. The fraction of sp³-hybridized carbons (Fsp3) is 0.667. The van der Waals surface area contributed by atoms with E-state index in [4.69, 9.17) is 16.2 Å². The van der Waals surface area contributed by atoms with Gasteiger partial charge in [0.15, 0.2) is 5.76 Å². The van der Waals surface area contributed by atoms with Crippen molar-refractivity contribution < 1.29 is 24.2 Å². The first-order chi connectivity index (χ1) is 18.5. The molecule has 0 heterocycles. The Labute approximate surface area is 238 Å². The fourth-order valence-electron chi connectivity index (χ4n) is 9.31. The van der Waals surface area contributed by atoms with Gasteiger partial charge >= 0.3 is 5.97 Å². The first kappa shape index (κ1) is 28.8. The third-order valence-electron chi connectivity index (χ3n) is 12.3. The molecule has 5 rings (SSSR count). The first-order valence-corrected chi connectivity index (χ1v) is 14.8. The largest absolute Gasteiger partial charge is 0.504 e. The van der Waals surface area contributed by atoms with E-state index in [2.05, 4.69) is 46.8 Å². The zero-order chi connectivity index (χ0) is 29.5. The second-order valence-corrected chi connectivity index (χ2v) is 14.7. The quantitative estimate of drug-likeness (QED) is 0.395. The van der Waals surface area contributed by atoms with Crippen LogP contribution in [0.25, 0.3) is 0 Å². The standard InChI is InChI=1S/C33H46N2O5/c1-19-20-7-8-24-31(4,21(20)15-23(36)27(19)38)12-14-33(6)25-17-29(2,18-40-28(39)22(34)16-26(35)37)9-10-30(25,3)11-13-32(24,33)5/h7-8,15,22,25,38H,9-14,16-18,34H2,1-6H3,(H2,35,37)/t22?,25-,29-,30-,31+,32-,33+/m1/s1. The maximum Gasteiger partial charge on any atom is 0.323 e. The van der Waals surface area contributed by atoms with Crippen molar-refractivity contribution in [3.63, 3.8) is 0 Å². The number of ketones is 1. The Morgan fingerprint density at radius 2 is 1.73 bits per heavy atom. The monoisotopic (exact) mass is 550 g/mol. The minimum Gasteiger partial charge on any atom is -0.504 e. The van der Waals surface area contributed by atoms with E-state index < -0.39 is 17.9 Å². The van der Waals surface area contributed by atoms with Gasteiger partial charge in [-0.05, 0) is 91.3 Å². The summed E-state index contributed by atoms with van der Waals surface area (Å²) >= 11 is 0. The molecule has 7 nitrogen and oxygen atoms in total. The summed E-state index contributed by atoms with van der Waals surface area (Å²) in [5, 5.41) is 10.4. The van der Waals surface area contributed by atoms with Crippen molar-refractivity contribution in [3.8, 4) is 0 Å². The minimum atomic E-state index is -1.03. The number of hydrogen-bond acceptors (Lipinski definition) is 6. The highest BCUT2D eigenvalue weighted by atomic mass is 16.5. The number of esters is 1. The summed E-state index contributed by atoms with van der Waals surface area (Å²) < 4.78 is 5.69. The van der Waals surface area contributed by atoms with E-state index in [0.717, 1.165) is 56.1 Å². The van der Waals surface area contributed by atoms with Gasteiger partial charge in [0.1, 0.15) is 6.04 Å². The van der Waals surface area contributed by atoms with Gasteiger partial charge in [-0.3, -0.25) is 14.4 Å². The smallest absolute Gasteiger partial charge is 0.323 e. The van der Waals surface area contributed by atoms with Crippen LogP contribution in [0.2, 0.25) is 0 Å². The lowest BCUT2D eigenvalue weighted by Gasteiger charge is -2.70. The van der Waals surface area contributed by atoms with Crippen molar-refractivity contribution in [2.24, 2.45) is 44.5 Å². The molecule has 40 heavy (non-hydrogen) atoms. The number of carbonyl (C=O) groups excluding carboxylic acids is 3. The van der Waals surface area contributed by atoms with E-state index in [-0.39, 0.29) is 51.6 Å². The lowest BCUT2D eigenvalue weighted by atomic mass is 9.34. The maximum absolute atomic E-state index is 12.7. The molecule has 5 aliphatic carbocycles. The molecule has 0 radical (unpaired) electrons. The van der Waals surface area contributed by atoms with Crippen LogP contribution in [0.3, 0.4) is 0 Å². The highest BCUT2D eigenvalue weighted by Crippen LogP contribution is 2.75. The van der Waals surface area contributed by atoms with E-state index in [1.165, 1.54) is 5.57 Å². The van der Waals surface area contributed by atoms with Gasteiger partial charge in [-0.25, -0.2) is 0 Å². The van der Waals surface area contributed by atoms with Gasteiger partial charge in [0.05, 0.1) is 13.0 Å². The van der Waals surface area contributed by atoms with Crippen LogP contribution in [0.1, 0.15) is 92.9 Å². The topological polar surface area (TPSA) is 133 Å². The number of allylic oxidation sites excluding steroid dienone is 7. The van der Waals surface area contributed by atoms with Gasteiger partial charge in [0, 0.05) is 16.4 Å². The molecule has 7 atom stereocenters. The van der Waals surface area contributed by atoms with Gasteiger partial charge in [-0.2, -0.15) is 0 Å². The number of hydrogen-bond donors (Lipinski definition) is 3. The summed E-state index contributed by atoms with van der Waals surface area (Å²) in [6, 6.07) is -1.03. The molecule has 218 valence electrons. The van der Waals surface area contributed by atoms with Crippen LogP contribution in [0.5, 0.6) is 0 Å². The summed E-state index contributed by atoms with van der Waals surface area (Å²) in [4.78, 5) is 36.4. The number of carbonyl (C=O) groups is 3. The van der Waals surface area contributed by atoms with Crippen LogP contribution in [0.15, 0.2) is 46.3 Å². The van der Waals surface area contributed by atoms with E-state index >= 15 is 0 Å². The second-order valence-electron chi connectivity index (χ2n) is 14.7. The molecule has 0 aliphatic heterocycles. The van der Waals surface area contributed by atoms with Crippen LogP contribution < -0.4 is 11.5 Å². The average molecular weight is 551 g/mol. The molecule has 0 bridgehead atoms. The third kappa shape index (κ3) is 4.06. The van der Waals surface area contributed by atoms with Gasteiger partial charge in [-0.15, -0.1) is 0 Å². The number of primary amides is 1. The summed E-state index contributed by atoms with van der Waals surface area (Å²) in [6.45, 7) is 14.0. The Kier molecular flexibility index (Phi) is 6.61. The molecule has 1 unspecified atom stereocenters. The van der Waals surface area contributed by atoms with E-state index in [9.17, 15) is 19.5 Å². The van der Waals surface area contributed by atoms with Crippen LogP contribution in [0, 0.1) is 33.0 Å². The number of amides is 1. The van der Waals surface area contributed by atoms with E-state index in [0.29, 0.717) is 11.5 Å². The molecule has 5 aliphatic rings. The molecule has 1 amide bonds. The Bertz CT molecular complexity index is 1310. The molecular weight excluding hydrogens is 504 g/mol. The lowest BCUT2D eigenvalue weighted by Crippen LogP contribution is -2.62. The molecule has 0 aromatic heterocycles. The molecule has 3 fully saturated rings. The summed E-state index contributed by atoms with van der Waals surface area (Å²) in [7, 11) is 0. The van der Waals surface area contributed by atoms with Gasteiger partial charge in [-0.1, -0.05) is 52.3 Å². The maximum atomic E-state index is 12.7. The van der Waals surface area contributed by atoms with Crippen LogP contribution in [-0.4, -0.2) is 35.4 Å². The molecular formula is C33H46N2O5. The molecule has 3 saturated carbocycles. The number of aliphatic hydroxyl groups is 1. The average Bonchev–Trinajstić information content (AvgIpc) is 2.88. The molecule has 0 aromatic rings. The van der Waals surface area contributed by atoms with E-state index in [1.807, 2.05) is 6.92 Å². The van der Waals surface area contributed by atoms with Crippen molar-refractivity contribution in [2.75, 3.05) is 6.61 Å². The molecule has 0 spiro atoms. The zero-order valence-electron chi connectivity index (χ0n) is 25.0. The van der Waals surface area contributed by atoms with Gasteiger partial charge < -0.3 is 21.3 Å². The van der Waals surface area contributed by atoms with Gasteiger partial charge in [0.25, 0.3) is 0 Å². The fourth-order valence-corrected chi connectivity index (χ4v) is 9.31. The summed E-state index contributed by atoms with van der Waals surface area (Å²) in [5.41, 5.74) is 14.9. The number of fused-ring (bicyclic) bond motifs is 7. The Morgan fingerprint density at radius 1 is 1.05 bits per heavy atom. The molecule has 0 aromatic carbocycles. The van der Waals surface area contributed by atoms with Crippen LogP contribution in [-0.2, 0) is 19.1 Å². The molecule has 5 N–H and O–H groups in total. The number of rotatable bonds is 5. The Hall–Kier alpha value is -2.67. The predicted octanol–water partition coefficient (Wildman–Crippen LogP) is 5.36. The van der Waals surface area contributed by atoms with Crippen LogP contribution >= 0.6 is 0 Å². The Balaban J connectivity index is 1.46. The highest BCUT2D eigenvalue weighted by molar-refractivity contribution is 6.06. The van der Waals surface area contributed by atoms with Crippen molar-refractivity contribution in [3.05, 3.63) is 46.3 Å². The van der Waals surface area contributed by atoms with Crippen molar-refractivity contribution >= 4 is 17.7 Å². The highest BCUT2D eigenvalue weighted by Gasteiger charge is 2.66. The van der Waals surface area contributed by atoms with Gasteiger partial charge in [0.2, 0.25) is 11.7 Å². The van der Waals surface area contributed by atoms with Crippen molar-refractivity contribution in [2.45, 2.75) is 99.0 Å². The SMILES string of the molecule is CC1=C(O)C(=O)C=C2C1=CC=C1[C@@]2(C)CC[C@@]2(C)[C@@H]3C[C@](C)(COC(=O)C(N)CC(N)=O)CC[C@]3(C)CC[C@]12C. The summed E-state index contributed by atoms with van der Waals surface area (Å²) in [6.07, 6.45) is 13.1. The molecule has 0 saturated heterocycles. The number of aliphatic hydroxyl groups excluding tert-OH is 1. The zero-order valence-corrected chi connectivity index (χ0v) is 25.0. The molecule has 7 heteroatoms. The van der Waals surface area contributed by atoms with Crippen LogP contribution in [0.4, 0.5) is 0 Å². The third-order valence-corrected chi connectivity index (χ3v) is 12.3. The summed E-state index contributed by atoms with van der Waals surface area (Å²) in [5.74, 6) is -1.19.